The van der Waals surface area contributed by atoms with Crippen LogP contribution in [0.2, 0.25) is 0 Å². The number of nitriles is 1. The van der Waals surface area contributed by atoms with Crippen molar-refractivity contribution in [1.29, 1.82) is 5.26 Å². The highest BCUT2D eigenvalue weighted by Gasteiger charge is 2.58. The molecule has 0 bridgehead atoms. The second kappa shape index (κ2) is 6.32. The predicted molar refractivity (Wildman–Crippen MR) is 89.4 cm³/mol. The Morgan fingerprint density at radius 3 is 2.47 bits per heavy atom. The zero-order chi connectivity index (χ0) is 21.9. The fraction of sp³-hybridized carbons (Fsp3) is 0.333. The fourth-order valence-electron chi connectivity index (χ4n) is 3.14. The molecule has 6 nitrogen and oxygen atoms in total. The molecule has 30 heavy (non-hydrogen) atoms. The molecular weight excluding hydrogens is 416 g/mol. The molecule has 3 heterocycles. The van der Waals surface area contributed by atoms with Gasteiger partial charge in [0.25, 0.3) is 5.69 Å². The molecule has 156 valence electrons. The van der Waals surface area contributed by atoms with Crippen LogP contribution in [0.5, 0.6) is 0 Å². The topological polar surface area (TPSA) is 81.4 Å². The van der Waals surface area contributed by atoms with Crippen LogP contribution < -0.4 is 4.73 Å². The van der Waals surface area contributed by atoms with E-state index in [4.69, 9.17) is 0 Å². The van der Waals surface area contributed by atoms with Gasteiger partial charge in [0.15, 0.2) is 12.0 Å². The van der Waals surface area contributed by atoms with Gasteiger partial charge in [0.1, 0.15) is 12.2 Å². The van der Waals surface area contributed by atoms with Crippen LogP contribution in [0.15, 0.2) is 30.7 Å². The van der Waals surface area contributed by atoms with E-state index in [2.05, 4.69) is 16.2 Å². The van der Waals surface area contributed by atoms with Crippen molar-refractivity contribution in [3.63, 3.8) is 0 Å². The highest BCUT2D eigenvalue weighted by molar-refractivity contribution is 5.81. The van der Waals surface area contributed by atoms with Crippen LogP contribution in [-0.2, 0) is 12.0 Å². The van der Waals surface area contributed by atoms with Crippen LogP contribution in [0, 0.1) is 22.4 Å². The van der Waals surface area contributed by atoms with Gasteiger partial charge in [-0.15, -0.1) is 0 Å². The molecule has 0 aliphatic heterocycles. The Balaban J connectivity index is 1.71. The van der Waals surface area contributed by atoms with Gasteiger partial charge in [-0.25, -0.2) is 4.98 Å². The SMILES string of the molecule is N#CC1(c2cc(F)c(-c3cc4cnn(CC(F)(F)C(F)(F)F)c4cn3)[n+]([O-])c2)CC1. The maximum atomic E-state index is 14.6. The first-order chi connectivity index (χ1) is 14.0. The number of hydrogen-bond acceptors (Lipinski definition) is 4. The predicted octanol–water partition coefficient (Wildman–Crippen LogP) is 3.62. The van der Waals surface area contributed by atoms with Gasteiger partial charge in [0, 0.05) is 10.9 Å². The molecule has 0 unspecified atom stereocenters. The van der Waals surface area contributed by atoms with Crippen molar-refractivity contribution in [2.45, 2.75) is 36.9 Å². The van der Waals surface area contributed by atoms with Crippen LogP contribution in [0.25, 0.3) is 22.3 Å². The van der Waals surface area contributed by atoms with Gasteiger partial charge in [-0.2, -0.15) is 41.4 Å². The number of alkyl halides is 5. The average molecular weight is 427 g/mol. The molecule has 1 fully saturated rings. The van der Waals surface area contributed by atoms with E-state index < -0.39 is 35.6 Å². The quantitative estimate of drug-likeness (QED) is 0.362. The van der Waals surface area contributed by atoms with Crippen molar-refractivity contribution in [1.82, 2.24) is 14.8 Å². The minimum atomic E-state index is -5.75. The lowest BCUT2D eigenvalue weighted by Crippen LogP contribution is -2.40. The van der Waals surface area contributed by atoms with Crippen molar-refractivity contribution in [2.75, 3.05) is 0 Å². The molecular formula is C18H11F6N5O. The highest BCUT2D eigenvalue weighted by Crippen LogP contribution is 2.47. The van der Waals surface area contributed by atoms with Crippen molar-refractivity contribution in [3.8, 4) is 17.5 Å². The fourth-order valence-corrected chi connectivity index (χ4v) is 3.14. The monoisotopic (exact) mass is 427 g/mol. The number of halogens is 6. The Labute approximate surface area is 164 Å². The summed E-state index contributed by atoms with van der Waals surface area (Å²) in [6, 6.07) is 4.28. The van der Waals surface area contributed by atoms with Crippen LogP contribution in [0.4, 0.5) is 26.3 Å². The van der Waals surface area contributed by atoms with Gasteiger partial charge in [0.05, 0.1) is 29.4 Å². The Bertz CT molecular complexity index is 1170. The largest absolute Gasteiger partial charge is 0.618 e. The standard InChI is InChI=1S/C18H11F6N5O/c19-12-4-11(16(8-25)1-2-16)7-29(30)15(12)13-3-10-5-27-28(14(10)6-26-13)9-17(20,21)18(22,23)24/h3-7H,1-2,9H2. The molecule has 3 aromatic rings. The van der Waals surface area contributed by atoms with Crippen molar-refractivity contribution in [2.24, 2.45) is 0 Å². The van der Waals surface area contributed by atoms with Gasteiger partial charge in [-0.3, -0.25) is 4.68 Å². The smallest absolute Gasteiger partial charge is 0.455 e. The second-order valence-corrected chi connectivity index (χ2v) is 7.08. The number of aromatic nitrogens is 4. The summed E-state index contributed by atoms with van der Waals surface area (Å²) in [5.74, 6) is -5.95. The molecule has 0 atom stereocenters. The summed E-state index contributed by atoms with van der Waals surface area (Å²) in [5.41, 5.74) is -1.41. The Kier molecular flexibility index (Phi) is 4.20. The molecule has 1 saturated carbocycles. The molecule has 1 aliphatic rings. The number of rotatable bonds is 4. The average Bonchev–Trinajstić information content (AvgIpc) is 3.37. The molecule has 0 amide bonds. The number of nitrogens with zero attached hydrogens (tertiary/aromatic N) is 5. The van der Waals surface area contributed by atoms with E-state index >= 15 is 0 Å². The first-order valence-electron chi connectivity index (χ1n) is 8.58. The first-order valence-corrected chi connectivity index (χ1v) is 8.58. The molecule has 0 saturated heterocycles. The molecule has 4 rings (SSSR count). The third-order valence-corrected chi connectivity index (χ3v) is 5.04. The van der Waals surface area contributed by atoms with E-state index in [1.807, 2.05) is 0 Å². The van der Waals surface area contributed by atoms with Crippen LogP contribution in [0.1, 0.15) is 18.4 Å². The molecule has 12 heteroatoms. The second-order valence-electron chi connectivity index (χ2n) is 7.08. The normalized spacial score (nSPS) is 15.9. The molecule has 3 aromatic heterocycles. The third-order valence-electron chi connectivity index (χ3n) is 5.04. The van der Waals surface area contributed by atoms with E-state index in [1.165, 1.54) is 0 Å². The van der Waals surface area contributed by atoms with Gasteiger partial charge in [-0.1, -0.05) is 0 Å². The molecule has 0 spiro atoms. The summed E-state index contributed by atoms with van der Waals surface area (Å²) in [5, 5.41) is 25.2. The summed E-state index contributed by atoms with van der Waals surface area (Å²) in [4.78, 5) is 3.84. The van der Waals surface area contributed by atoms with Crippen molar-refractivity contribution in [3.05, 3.63) is 47.3 Å². The third kappa shape index (κ3) is 3.10. The van der Waals surface area contributed by atoms with Crippen LogP contribution in [-0.4, -0.2) is 26.9 Å². The Hall–Kier alpha value is -3.36. The van der Waals surface area contributed by atoms with Gasteiger partial charge < -0.3 is 5.21 Å². The summed E-state index contributed by atoms with van der Waals surface area (Å²) in [7, 11) is 0. The maximum absolute atomic E-state index is 14.6. The van der Waals surface area contributed by atoms with Crippen molar-refractivity contribution < 1.29 is 31.1 Å². The lowest BCUT2D eigenvalue weighted by Gasteiger charge is -2.19. The lowest BCUT2D eigenvalue weighted by atomic mass is 9.99. The Morgan fingerprint density at radius 2 is 1.90 bits per heavy atom. The van der Waals surface area contributed by atoms with E-state index in [9.17, 15) is 36.8 Å². The molecule has 1 aliphatic carbocycles. The molecule has 0 N–H and O–H groups in total. The van der Waals surface area contributed by atoms with Gasteiger partial charge >= 0.3 is 12.1 Å². The molecule has 0 aromatic carbocycles. The summed E-state index contributed by atoms with van der Waals surface area (Å²) in [6.45, 7) is -1.75. The van der Waals surface area contributed by atoms with Crippen LogP contribution >= 0.6 is 0 Å². The zero-order valence-electron chi connectivity index (χ0n) is 14.9. The lowest BCUT2D eigenvalue weighted by molar-refractivity contribution is -0.595. The maximum Gasteiger partial charge on any atom is 0.455 e. The van der Waals surface area contributed by atoms with Crippen molar-refractivity contribution >= 4 is 10.9 Å². The minimum absolute atomic E-state index is 0.0946. The first kappa shape index (κ1) is 19.9. The summed E-state index contributed by atoms with van der Waals surface area (Å²) < 4.78 is 79.2. The summed E-state index contributed by atoms with van der Waals surface area (Å²) in [6.07, 6.45) is -1.70. The highest BCUT2D eigenvalue weighted by atomic mass is 19.4. The van der Waals surface area contributed by atoms with Crippen LogP contribution in [0.3, 0.4) is 0 Å². The van der Waals surface area contributed by atoms with E-state index in [0.29, 0.717) is 17.5 Å². The van der Waals surface area contributed by atoms with Gasteiger partial charge in [0.2, 0.25) is 0 Å². The van der Waals surface area contributed by atoms with Gasteiger partial charge in [-0.05, 0) is 25.0 Å². The number of pyridine rings is 2. The number of hydrogen-bond donors (Lipinski definition) is 0. The molecule has 0 radical (unpaired) electrons. The van der Waals surface area contributed by atoms with E-state index in [-0.39, 0.29) is 26.9 Å². The zero-order valence-corrected chi connectivity index (χ0v) is 14.9. The summed E-state index contributed by atoms with van der Waals surface area (Å²) >= 11 is 0. The Morgan fingerprint density at radius 1 is 1.20 bits per heavy atom. The van der Waals surface area contributed by atoms with E-state index in [1.54, 1.807) is 0 Å². The van der Waals surface area contributed by atoms with E-state index in [0.717, 1.165) is 30.7 Å². The number of fused-ring (bicyclic) bond motifs is 1. The minimum Gasteiger partial charge on any atom is -0.618 e.